The van der Waals surface area contributed by atoms with Crippen molar-refractivity contribution in [1.82, 2.24) is 0 Å². The molecule has 2 aliphatic rings. The predicted octanol–water partition coefficient (Wildman–Crippen LogP) is 4.85. The first kappa shape index (κ1) is 10.7. The van der Waals surface area contributed by atoms with Crippen LogP contribution in [0.3, 0.4) is 0 Å². The van der Waals surface area contributed by atoms with Crippen LogP contribution in [-0.4, -0.2) is 0 Å². The smallest absolute Gasteiger partial charge is 0.170 e. The summed E-state index contributed by atoms with van der Waals surface area (Å²) in [6.07, 6.45) is 6.54. The van der Waals surface area contributed by atoms with E-state index in [1.54, 1.807) is 0 Å². The number of hydrogen-bond acceptors (Lipinski definition) is 2. The lowest BCUT2D eigenvalue weighted by Crippen LogP contribution is -2.02. The summed E-state index contributed by atoms with van der Waals surface area (Å²) in [6, 6.07) is 10.2. The summed E-state index contributed by atoms with van der Waals surface area (Å²) in [7, 11) is 0. The Morgan fingerprint density at radius 1 is 0.895 bits per heavy atom. The summed E-state index contributed by atoms with van der Waals surface area (Å²) in [6.45, 7) is 2.05. The van der Waals surface area contributed by atoms with E-state index in [9.17, 15) is 0 Å². The van der Waals surface area contributed by atoms with Gasteiger partial charge in [0.05, 0.1) is 0 Å². The molecule has 94 valence electrons. The summed E-state index contributed by atoms with van der Waals surface area (Å²) in [5.41, 5.74) is 3.74. The third-order valence-corrected chi connectivity index (χ3v) is 3.62. The highest BCUT2D eigenvalue weighted by Crippen LogP contribution is 2.47. The van der Waals surface area contributed by atoms with Gasteiger partial charge >= 0.3 is 0 Å². The van der Waals surface area contributed by atoms with Gasteiger partial charge in [0.15, 0.2) is 23.0 Å². The van der Waals surface area contributed by atoms with Crippen LogP contribution >= 0.6 is 0 Å². The molecule has 1 aliphatic heterocycles. The summed E-state index contributed by atoms with van der Waals surface area (Å²) in [5, 5.41) is 0. The van der Waals surface area contributed by atoms with E-state index in [2.05, 4.69) is 31.2 Å². The Labute approximate surface area is 112 Å². The Bertz CT molecular complexity index is 699. The van der Waals surface area contributed by atoms with Gasteiger partial charge in [0.1, 0.15) is 0 Å². The largest absolute Gasteiger partial charge is 0.450 e. The molecular weight excluding hydrogens is 236 g/mol. The lowest BCUT2D eigenvalue weighted by Gasteiger charge is -2.23. The molecule has 0 atom stereocenters. The highest BCUT2D eigenvalue weighted by Gasteiger charge is 2.21. The highest BCUT2D eigenvalue weighted by atomic mass is 16.6. The van der Waals surface area contributed by atoms with Gasteiger partial charge in [-0.3, -0.25) is 0 Å². The molecular formula is C17H14O2. The molecule has 2 nitrogen and oxygen atoms in total. The van der Waals surface area contributed by atoms with Crippen molar-refractivity contribution in [3.05, 3.63) is 53.1 Å². The van der Waals surface area contributed by atoms with Crippen LogP contribution in [-0.2, 0) is 6.42 Å². The van der Waals surface area contributed by atoms with E-state index in [1.807, 2.05) is 18.2 Å². The molecule has 0 fully saturated rings. The summed E-state index contributed by atoms with van der Waals surface area (Å²) in [4.78, 5) is 0. The molecule has 0 bridgehead atoms. The molecule has 0 N–H and O–H groups in total. The molecule has 2 aromatic carbocycles. The van der Waals surface area contributed by atoms with Gasteiger partial charge in [-0.2, -0.15) is 0 Å². The number of rotatable bonds is 0. The number of aryl methyl sites for hydroxylation is 2. The van der Waals surface area contributed by atoms with E-state index in [4.69, 9.17) is 9.47 Å². The SMILES string of the molecule is Cc1ccc2c(c1)Oc1cc3c(cc1O2)CCC=C3. The van der Waals surface area contributed by atoms with Gasteiger partial charge in [0, 0.05) is 0 Å². The topological polar surface area (TPSA) is 18.5 Å². The molecule has 4 rings (SSSR count). The maximum Gasteiger partial charge on any atom is 0.170 e. The number of ether oxygens (including phenoxy) is 2. The third-order valence-electron chi connectivity index (χ3n) is 3.62. The molecule has 1 heterocycles. The molecule has 0 aromatic heterocycles. The first-order valence-corrected chi connectivity index (χ1v) is 6.59. The average molecular weight is 250 g/mol. The van der Waals surface area contributed by atoms with E-state index in [0.717, 1.165) is 35.8 Å². The van der Waals surface area contributed by atoms with Gasteiger partial charge in [-0.05, 0) is 60.7 Å². The van der Waals surface area contributed by atoms with Crippen molar-refractivity contribution in [2.24, 2.45) is 0 Å². The zero-order valence-corrected chi connectivity index (χ0v) is 10.8. The van der Waals surface area contributed by atoms with Crippen LogP contribution in [0.1, 0.15) is 23.1 Å². The minimum absolute atomic E-state index is 0.796. The van der Waals surface area contributed by atoms with Gasteiger partial charge < -0.3 is 9.47 Å². The highest BCUT2D eigenvalue weighted by molar-refractivity contribution is 5.65. The Kier molecular flexibility index (Phi) is 2.18. The summed E-state index contributed by atoms with van der Waals surface area (Å²) in [5.74, 6) is 3.23. The second kappa shape index (κ2) is 3.89. The van der Waals surface area contributed by atoms with Gasteiger partial charge in [-0.1, -0.05) is 18.2 Å². The van der Waals surface area contributed by atoms with Crippen LogP contribution in [0.25, 0.3) is 6.08 Å². The quantitative estimate of drug-likeness (QED) is 0.567. The lowest BCUT2D eigenvalue weighted by atomic mass is 9.96. The molecule has 2 aromatic rings. The molecule has 19 heavy (non-hydrogen) atoms. The van der Waals surface area contributed by atoms with Crippen LogP contribution in [0.2, 0.25) is 0 Å². The molecule has 0 spiro atoms. The van der Waals surface area contributed by atoms with Crippen molar-refractivity contribution in [2.75, 3.05) is 0 Å². The second-order valence-corrected chi connectivity index (χ2v) is 5.09. The standard InChI is InChI=1S/C17H14O2/c1-11-6-7-14-15(8-11)19-17-10-13-5-3-2-4-12(13)9-16(17)18-14/h3,5-10H,2,4H2,1H3. The molecule has 0 amide bonds. The molecule has 0 radical (unpaired) electrons. The van der Waals surface area contributed by atoms with E-state index in [1.165, 1.54) is 16.7 Å². The number of benzene rings is 2. The fraction of sp³-hybridized carbons (Fsp3) is 0.176. The van der Waals surface area contributed by atoms with Crippen LogP contribution in [0.5, 0.6) is 23.0 Å². The zero-order chi connectivity index (χ0) is 12.8. The van der Waals surface area contributed by atoms with E-state index >= 15 is 0 Å². The van der Waals surface area contributed by atoms with Crippen molar-refractivity contribution >= 4 is 6.08 Å². The molecule has 2 heteroatoms. The fourth-order valence-electron chi connectivity index (χ4n) is 2.61. The van der Waals surface area contributed by atoms with Crippen molar-refractivity contribution in [3.63, 3.8) is 0 Å². The first-order chi connectivity index (χ1) is 9.29. The van der Waals surface area contributed by atoms with Gasteiger partial charge in [0.2, 0.25) is 0 Å². The van der Waals surface area contributed by atoms with Crippen molar-refractivity contribution in [2.45, 2.75) is 19.8 Å². The van der Waals surface area contributed by atoms with Crippen LogP contribution in [0.4, 0.5) is 0 Å². The number of fused-ring (bicyclic) bond motifs is 3. The van der Waals surface area contributed by atoms with Crippen molar-refractivity contribution in [1.29, 1.82) is 0 Å². The van der Waals surface area contributed by atoms with E-state index in [0.29, 0.717) is 0 Å². The number of allylic oxidation sites excluding steroid dienone is 1. The molecule has 1 aliphatic carbocycles. The maximum atomic E-state index is 5.97. The minimum atomic E-state index is 0.796. The monoisotopic (exact) mass is 250 g/mol. The maximum absolute atomic E-state index is 5.97. The summed E-state index contributed by atoms with van der Waals surface area (Å²) < 4.78 is 11.9. The fourth-order valence-corrected chi connectivity index (χ4v) is 2.61. The van der Waals surface area contributed by atoms with E-state index < -0.39 is 0 Å². The lowest BCUT2D eigenvalue weighted by molar-refractivity contribution is 0.358. The average Bonchev–Trinajstić information content (AvgIpc) is 2.43. The van der Waals surface area contributed by atoms with Crippen LogP contribution in [0, 0.1) is 6.92 Å². The molecule has 0 unspecified atom stereocenters. The Hall–Kier alpha value is -2.22. The van der Waals surface area contributed by atoms with Crippen LogP contribution < -0.4 is 9.47 Å². The van der Waals surface area contributed by atoms with Gasteiger partial charge in [-0.25, -0.2) is 0 Å². The van der Waals surface area contributed by atoms with Gasteiger partial charge in [0.25, 0.3) is 0 Å². The number of hydrogen-bond donors (Lipinski definition) is 0. The van der Waals surface area contributed by atoms with Crippen LogP contribution in [0.15, 0.2) is 36.4 Å². The normalized spacial score (nSPS) is 14.8. The Morgan fingerprint density at radius 2 is 1.68 bits per heavy atom. The first-order valence-electron chi connectivity index (χ1n) is 6.59. The Balaban J connectivity index is 1.82. The van der Waals surface area contributed by atoms with Crippen molar-refractivity contribution in [3.8, 4) is 23.0 Å². The summed E-state index contributed by atoms with van der Waals surface area (Å²) >= 11 is 0. The van der Waals surface area contributed by atoms with Gasteiger partial charge in [-0.15, -0.1) is 0 Å². The zero-order valence-electron chi connectivity index (χ0n) is 10.8. The third kappa shape index (κ3) is 1.72. The van der Waals surface area contributed by atoms with Crippen molar-refractivity contribution < 1.29 is 9.47 Å². The Morgan fingerprint density at radius 3 is 2.63 bits per heavy atom. The second-order valence-electron chi connectivity index (χ2n) is 5.09. The molecule has 0 saturated heterocycles. The van der Waals surface area contributed by atoms with E-state index in [-0.39, 0.29) is 0 Å². The minimum Gasteiger partial charge on any atom is -0.450 e. The molecule has 0 saturated carbocycles. The predicted molar refractivity (Wildman–Crippen MR) is 75.1 cm³/mol.